The van der Waals surface area contributed by atoms with Crippen LogP contribution < -0.4 is 4.74 Å². The molecular weight excluding hydrogens is 314 g/mol. The summed E-state index contributed by atoms with van der Waals surface area (Å²) in [7, 11) is 0. The molecule has 2 aromatic rings. The Bertz CT molecular complexity index is 749. The molecule has 0 spiro atoms. The van der Waals surface area contributed by atoms with E-state index < -0.39 is 0 Å². The molecule has 6 heteroatoms. The van der Waals surface area contributed by atoms with Gasteiger partial charge in [-0.2, -0.15) is 5.26 Å². The van der Waals surface area contributed by atoms with Gasteiger partial charge in [-0.3, -0.25) is 4.79 Å². The molecule has 23 heavy (non-hydrogen) atoms. The van der Waals surface area contributed by atoms with Gasteiger partial charge >= 0.3 is 0 Å². The summed E-state index contributed by atoms with van der Waals surface area (Å²) in [5, 5.41) is 9.33. The lowest BCUT2D eigenvalue weighted by Crippen LogP contribution is -2.56. The summed E-state index contributed by atoms with van der Waals surface area (Å²) >= 11 is 6.07. The normalized spacial score (nSPS) is 14.0. The van der Waals surface area contributed by atoms with Gasteiger partial charge in [-0.15, -0.1) is 0 Å². The van der Waals surface area contributed by atoms with Crippen LogP contribution in [0.3, 0.4) is 0 Å². The first-order valence-electron chi connectivity index (χ1n) is 7.19. The summed E-state index contributed by atoms with van der Waals surface area (Å²) in [6.45, 7) is 1.07. The molecule has 0 bridgehead atoms. The number of benzene rings is 1. The molecule has 1 fully saturated rings. The molecule has 1 saturated heterocycles. The number of carbonyl (C=O) groups is 1. The lowest BCUT2D eigenvalue weighted by atomic mass is 10.1. The second kappa shape index (κ2) is 6.67. The summed E-state index contributed by atoms with van der Waals surface area (Å²) in [5.74, 6) is 0.498. The first kappa shape index (κ1) is 15.3. The van der Waals surface area contributed by atoms with Gasteiger partial charge in [0.15, 0.2) is 0 Å². The SMILES string of the molecule is N#Cc1ccc(OC2CN(C(=O)Cc3ccccc3Cl)C2)nc1. The Morgan fingerprint density at radius 1 is 1.35 bits per heavy atom. The summed E-state index contributed by atoms with van der Waals surface area (Å²) < 4.78 is 5.66. The lowest BCUT2D eigenvalue weighted by Gasteiger charge is -2.38. The number of nitriles is 1. The van der Waals surface area contributed by atoms with Gasteiger partial charge in [0.25, 0.3) is 0 Å². The zero-order valence-corrected chi connectivity index (χ0v) is 13.0. The monoisotopic (exact) mass is 327 g/mol. The quantitative estimate of drug-likeness (QED) is 0.865. The molecule has 1 amide bonds. The third-order valence-electron chi connectivity index (χ3n) is 3.65. The van der Waals surface area contributed by atoms with Gasteiger partial charge in [-0.05, 0) is 17.7 Å². The average Bonchev–Trinajstić information content (AvgIpc) is 2.53. The fourth-order valence-corrected chi connectivity index (χ4v) is 2.52. The second-order valence-electron chi connectivity index (χ2n) is 5.30. The van der Waals surface area contributed by atoms with Crippen LogP contribution in [0.4, 0.5) is 0 Å². The number of nitrogens with zero attached hydrogens (tertiary/aromatic N) is 3. The van der Waals surface area contributed by atoms with E-state index in [2.05, 4.69) is 4.98 Å². The molecule has 1 aromatic heterocycles. The minimum absolute atomic E-state index is 0.0331. The van der Waals surface area contributed by atoms with Crippen molar-refractivity contribution in [1.29, 1.82) is 5.26 Å². The highest BCUT2D eigenvalue weighted by atomic mass is 35.5. The highest BCUT2D eigenvalue weighted by Gasteiger charge is 2.32. The number of rotatable bonds is 4. The summed E-state index contributed by atoms with van der Waals surface area (Å²) in [6.07, 6.45) is 1.70. The molecule has 0 N–H and O–H groups in total. The average molecular weight is 328 g/mol. The topological polar surface area (TPSA) is 66.2 Å². The molecule has 0 atom stereocenters. The van der Waals surface area contributed by atoms with Crippen molar-refractivity contribution in [2.75, 3.05) is 13.1 Å². The fraction of sp³-hybridized carbons (Fsp3) is 0.235. The summed E-state index contributed by atoms with van der Waals surface area (Å²) in [5.41, 5.74) is 1.32. The Hall–Kier alpha value is -2.58. The molecule has 0 unspecified atom stereocenters. The predicted molar refractivity (Wildman–Crippen MR) is 85.1 cm³/mol. The minimum Gasteiger partial charge on any atom is -0.471 e. The van der Waals surface area contributed by atoms with E-state index in [4.69, 9.17) is 21.6 Å². The number of pyridine rings is 1. The minimum atomic E-state index is -0.0642. The Morgan fingerprint density at radius 3 is 2.78 bits per heavy atom. The molecule has 1 aliphatic heterocycles. The first-order valence-corrected chi connectivity index (χ1v) is 7.57. The van der Waals surface area contributed by atoms with E-state index in [9.17, 15) is 4.79 Å². The highest BCUT2D eigenvalue weighted by Crippen LogP contribution is 2.20. The van der Waals surface area contributed by atoms with E-state index in [1.807, 2.05) is 24.3 Å². The molecule has 3 rings (SSSR count). The number of ether oxygens (including phenoxy) is 1. The Balaban J connectivity index is 1.49. The molecule has 0 radical (unpaired) electrons. The van der Waals surface area contributed by atoms with Crippen molar-refractivity contribution in [3.8, 4) is 11.9 Å². The fourth-order valence-electron chi connectivity index (χ4n) is 2.32. The molecule has 116 valence electrons. The number of likely N-dealkylation sites (tertiary alicyclic amines) is 1. The van der Waals surface area contributed by atoms with Gasteiger partial charge in [0, 0.05) is 17.3 Å². The van der Waals surface area contributed by atoms with E-state index >= 15 is 0 Å². The maximum Gasteiger partial charge on any atom is 0.227 e. The number of hydrogen-bond donors (Lipinski definition) is 0. The Morgan fingerprint density at radius 2 is 2.13 bits per heavy atom. The van der Waals surface area contributed by atoms with Crippen LogP contribution in [0.25, 0.3) is 0 Å². The first-order chi connectivity index (χ1) is 11.2. The number of hydrogen-bond acceptors (Lipinski definition) is 4. The lowest BCUT2D eigenvalue weighted by molar-refractivity contribution is -0.139. The van der Waals surface area contributed by atoms with Gasteiger partial charge in [-0.25, -0.2) is 4.98 Å². The molecule has 1 aliphatic rings. The van der Waals surface area contributed by atoms with Crippen molar-refractivity contribution in [2.24, 2.45) is 0 Å². The Labute approximate surface area is 139 Å². The molecular formula is C17H14ClN3O2. The van der Waals surface area contributed by atoms with Crippen LogP contribution in [0.2, 0.25) is 5.02 Å². The number of carbonyl (C=O) groups excluding carboxylic acids is 1. The second-order valence-corrected chi connectivity index (χ2v) is 5.71. The number of halogens is 1. The van der Waals surface area contributed by atoms with Crippen molar-refractivity contribution in [3.63, 3.8) is 0 Å². The van der Waals surface area contributed by atoms with Crippen LogP contribution >= 0.6 is 11.6 Å². The third-order valence-corrected chi connectivity index (χ3v) is 4.02. The maximum absolute atomic E-state index is 12.2. The predicted octanol–water partition coefficient (Wildman–Crippen LogP) is 2.44. The number of amides is 1. The van der Waals surface area contributed by atoms with Crippen LogP contribution in [0, 0.1) is 11.3 Å². The van der Waals surface area contributed by atoms with Crippen LogP contribution in [0.15, 0.2) is 42.6 Å². The van der Waals surface area contributed by atoms with Gasteiger partial charge < -0.3 is 9.64 Å². The zero-order chi connectivity index (χ0) is 16.2. The van der Waals surface area contributed by atoms with Crippen molar-refractivity contribution < 1.29 is 9.53 Å². The maximum atomic E-state index is 12.2. The zero-order valence-electron chi connectivity index (χ0n) is 12.3. The van der Waals surface area contributed by atoms with Gasteiger partial charge in [0.1, 0.15) is 12.2 Å². The highest BCUT2D eigenvalue weighted by molar-refractivity contribution is 6.31. The van der Waals surface area contributed by atoms with E-state index in [1.54, 1.807) is 23.1 Å². The van der Waals surface area contributed by atoms with Crippen LogP contribution in [-0.4, -0.2) is 35.0 Å². The standard InChI is InChI=1S/C17H14ClN3O2/c18-15-4-2-1-3-13(15)7-17(22)21-10-14(11-21)23-16-6-5-12(8-19)9-20-16/h1-6,9,14H,7,10-11H2. The largest absolute Gasteiger partial charge is 0.471 e. The smallest absolute Gasteiger partial charge is 0.227 e. The third kappa shape index (κ3) is 3.61. The molecule has 1 aromatic carbocycles. The van der Waals surface area contributed by atoms with Crippen LogP contribution in [-0.2, 0) is 11.2 Å². The van der Waals surface area contributed by atoms with Gasteiger partial charge in [0.05, 0.1) is 25.1 Å². The Kier molecular flexibility index (Phi) is 4.45. The van der Waals surface area contributed by atoms with Crippen molar-refractivity contribution in [2.45, 2.75) is 12.5 Å². The van der Waals surface area contributed by atoms with Crippen molar-refractivity contribution >= 4 is 17.5 Å². The summed E-state index contributed by atoms with van der Waals surface area (Å²) in [4.78, 5) is 18.0. The van der Waals surface area contributed by atoms with Crippen LogP contribution in [0.1, 0.15) is 11.1 Å². The van der Waals surface area contributed by atoms with Crippen LogP contribution in [0.5, 0.6) is 5.88 Å². The molecule has 0 saturated carbocycles. The van der Waals surface area contributed by atoms with Gasteiger partial charge in [0.2, 0.25) is 11.8 Å². The van der Waals surface area contributed by atoms with Crippen molar-refractivity contribution in [1.82, 2.24) is 9.88 Å². The van der Waals surface area contributed by atoms with E-state index in [0.29, 0.717) is 36.0 Å². The van der Waals surface area contributed by atoms with E-state index in [-0.39, 0.29) is 12.0 Å². The summed E-state index contributed by atoms with van der Waals surface area (Å²) in [6, 6.07) is 12.7. The molecule has 5 nitrogen and oxygen atoms in total. The van der Waals surface area contributed by atoms with E-state index in [1.165, 1.54) is 6.20 Å². The van der Waals surface area contributed by atoms with Gasteiger partial charge in [-0.1, -0.05) is 29.8 Å². The molecule has 0 aliphatic carbocycles. The molecule has 2 heterocycles. The number of aromatic nitrogens is 1. The van der Waals surface area contributed by atoms with Crippen molar-refractivity contribution in [3.05, 3.63) is 58.7 Å². The van der Waals surface area contributed by atoms with E-state index in [0.717, 1.165) is 5.56 Å².